The molecule has 1 aromatic heterocycles. The summed E-state index contributed by atoms with van der Waals surface area (Å²) < 4.78 is 47.7. The van der Waals surface area contributed by atoms with E-state index in [9.17, 15) is 17.6 Å². The largest absolute Gasteiger partial charge is 0.355 e. The molecule has 0 bridgehead atoms. The maximum atomic E-state index is 14.0. The Kier molecular flexibility index (Phi) is 7.83. The third kappa shape index (κ3) is 5.58. The van der Waals surface area contributed by atoms with Gasteiger partial charge in [0.05, 0.1) is 5.92 Å². The van der Waals surface area contributed by atoms with Crippen LogP contribution in [0.5, 0.6) is 0 Å². The molecule has 1 saturated carbocycles. The van der Waals surface area contributed by atoms with Crippen LogP contribution >= 0.6 is 0 Å². The van der Waals surface area contributed by atoms with Crippen LogP contribution in [0.3, 0.4) is 0 Å². The molecule has 2 fully saturated rings. The smallest absolute Gasteiger partial charge is 0.248 e. The highest BCUT2D eigenvalue weighted by atomic mass is 32.2. The molecule has 34 heavy (non-hydrogen) atoms. The standard InChI is InChI=1S/C25H32FN3O4S/c1-18-24(23(33-28-18)15-14-19-9-6-7-13-22(19)26)34(31,32)29-16-8-10-20(17-29)25(30)27-21-11-4-2-3-5-12-21/h6-7,9,13-15,20-21H,2-5,8,10-12,16-17H2,1H3,(H,27,30)/b15-14+. The van der Waals surface area contributed by atoms with Gasteiger partial charge in [0.2, 0.25) is 15.9 Å². The summed E-state index contributed by atoms with van der Waals surface area (Å²) in [6, 6.07) is 6.37. The van der Waals surface area contributed by atoms with E-state index in [1.54, 1.807) is 25.1 Å². The maximum absolute atomic E-state index is 14.0. The van der Waals surface area contributed by atoms with Crippen LogP contribution in [0.2, 0.25) is 0 Å². The van der Waals surface area contributed by atoms with Crippen molar-refractivity contribution in [1.29, 1.82) is 0 Å². The van der Waals surface area contributed by atoms with Crippen LogP contribution in [0.4, 0.5) is 4.39 Å². The molecule has 0 radical (unpaired) electrons. The van der Waals surface area contributed by atoms with Gasteiger partial charge in [-0.25, -0.2) is 12.8 Å². The van der Waals surface area contributed by atoms with E-state index in [1.807, 2.05) is 0 Å². The van der Waals surface area contributed by atoms with E-state index < -0.39 is 15.8 Å². The topological polar surface area (TPSA) is 92.5 Å². The molecule has 2 heterocycles. The maximum Gasteiger partial charge on any atom is 0.248 e. The van der Waals surface area contributed by atoms with Gasteiger partial charge in [-0.15, -0.1) is 0 Å². The number of amides is 1. The van der Waals surface area contributed by atoms with E-state index in [0.29, 0.717) is 24.9 Å². The van der Waals surface area contributed by atoms with Crippen molar-refractivity contribution in [1.82, 2.24) is 14.8 Å². The summed E-state index contributed by atoms with van der Waals surface area (Å²) in [6.45, 7) is 2.02. The van der Waals surface area contributed by atoms with Gasteiger partial charge in [-0.1, -0.05) is 49.0 Å². The van der Waals surface area contributed by atoms with Gasteiger partial charge in [0.15, 0.2) is 10.7 Å². The van der Waals surface area contributed by atoms with E-state index >= 15 is 0 Å². The number of halogens is 1. The second kappa shape index (κ2) is 10.8. The number of sulfonamides is 1. The molecule has 0 spiro atoms. The highest BCUT2D eigenvalue weighted by Gasteiger charge is 2.37. The van der Waals surface area contributed by atoms with Gasteiger partial charge in [0.1, 0.15) is 11.5 Å². The molecule has 2 aromatic rings. The fourth-order valence-electron chi connectivity index (χ4n) is 4.82. The monoisotopic (exact) mass is 489 g/mol. The number of aromatic nitrogens is 1. The minimum atomic E-state index is -3.95. The fraction of sp³-hybridized carbons (Fsp3) is 0.520. The van der Waals surface area contributed by atoms with Crippen LogP contribution in [0, 0.1) is 18.7 Å². The van der Waals surface area contributed by atoms with Gasteiger partial charge in [-0.2, -0.15) is 4.31 Å². The fourth-order valence-corrected chi connectivity index (χ4v) is 6.60. The molecule has 4 rings (SSSR count). The second-order valence-corrected chi connectivity index (χ2v) is 11.1. The number of nitrogens with zero attached hydrogens (tertiary/aromatic N) is 2. The zero-order valence-electron chi connectivity index (χ0n) is 19.5. The predicted molar refractivity (Wildman–Crippen MR) is 128 cm³/mol. The van der Waals surface area contributed by atoms with Gasteiger partial charge in [-0.3, -0.25) is 4.79 Å². The van der Waals surface area contributed by atoms with Crippen molar-refractivity contribution in [2.45, 2.75) is 69.2 Å². The Balaban J connectivity index is 1.50. The Bertz CT molecular complexity index is 1140. The Morgan fingerprint density at radius 2 is 1.85 bits per heavy atom. The molecule has 184 valence electrons. The van der Waals surface area contributed by atoms with Gasteiger partial charge >= 0.3 is 0 Å². The molecular formula is C25H32FN3O4S. The minimum absolute atomic E-state index is 0.0371. The summed E-state index contributed by atoms with van der Waals surface area (Å²) in [5, 5.41) is 7.01. The predicted octanol–water partition coefficient (Wildman–Crippen LogP) is 4.53. The van der Waals surface area contributed by atoms with Crippen LogP contribution < -0.4 is 5.32 Å². The van der Waals surface area contributed by atoms with Crippen molar-refractivity contribution in [3.63, 3.8) is 0 Å². The van der Waals surface area contributed by atoms with Gasteiger partial charge < -0.3 is 9.84 Å². The zero-order valence-corrected chi connectivity index (χ0v) is 20.3. The number of piperidine rings is 1. The van der Waals surface area contributed by atoms with Crippen LogP contribution in [-0.2, 0) is 14.8 Å². The van der Waals surface area contributed by atoms with Gasteiger partial charge in [-0.05, 0) is 50.8 Å². The number of hydrogen-bond acceptors (Lipinski definition) is 5. The summed E-state index contributed by atoms with van der Waals surface area (Å²) >= 11 is 0. The van der Waals surface area contributed by atoms with Crippen LogP contribution in [-0.4, -0.2) is 42.9 Å². The quantitative estimate of drug-likeness (QED) is 0.602. The summed E-state index contributed by atoms with van der Waals surface area (Å²) in [6.07, 6.45) is 10.8. The normalized spacial score (nSPS) is 20.9. The number of aryl methyl sites for hydroxylation is 1. The third-order valence-electron chi connectivity index (χ3n) is 6.71. The molecular weight excluding hydrogens is 457 g/mol. The number of benzene rings is 1. The molecule has 7 nitrogen and oxygen atoms in total. The van der Waals surface area contributed by atoms with E-state index in [2.05, 4.69) is 10.5 Å². The molecule has 1 aliphatic heterocycles. The lowest BCUT2D eigenvalue weighted by Crippen LogP contribution is -2.47. The zero-order chi connectivity index (χ0) is 24.1. The van der Waals surface area contributed by atoms with Crippen molar-refractivity contribution in [3.8, 4) is 0 Å². The molecule has 2 aliphatic rings. The van der Waals surface area contributed by atoms with Crippen molar-refractivity contribution in [2.24, 2.45) is 5.92 Å². The second-order valence-electron chi connectivity index (χ2n) is 9.22. The van der Waals surface area contributed by atoms with E-state index in [-0.39, 0.29) is 40.8 Å². The van der Waals surface area contributed by atoms with E-state index in [0.717, 1.165) is 25.7 Å². The Morgan fingerprint density at radius 3 is 2.59 bits per heavy atom. The Hall–Kier alpha value is -2.52. The van der Waals surface area contributed by atoms with Gasteiger partial charge in [0, 0.05) is 24.7 Å². The Morgan fingerprint density at radius 1 is 1.12 bits per heavy atom. The average molecular weight is 490 g/mol. The van der Waals surface area contributed by atoms with Crippen molar-refractivity contribution < 1.29 is 22.1 Å². The van der Waals surface area contributed by atoms with Crippen LogP contribution in [0.1, 0.15) is 68.4 Å². The molecule has 1 saturated heterocycles. The molecule has 1 aromatic carbocycles. The lowest BCUT2D eigenvalue weighted by molar-refractivity contribution is -0.126. The average Bonchev–Trinajstić information content (AvgIpc) is 3.02. The highest BCUT2D eigenvalue weighted by Crippen LogP contribution is 2.30. The SMILES string of the molecule is Cc1noc(/C=C/c2ccccc2F)c1S(=O)(=O)N1CCCC(C(=O)NC2CCCCCC2)C1. The lowest BCUT2D eigenvalue weighted by Gasteiger charge is -2.32. The number of hydrogen-bond donors (Lipinski definition) is 1. The van der Waals surface area contributed by atoms with Gasteiger partial charge in [0.25, 0.3) is 0 Å². The summed E-state index contributed by atoms with van der Waals surface area (Å²) in [5.74, 6) is -0.818. The first-order chi connectivity index (χ1) is 16.4. The van der Waals surface area contributed by atoms with Crippen molar-refractivity contribution in [2.75, 3.05) is 13.1 Å². The Labute approximate surface area is 200 Å². The molecule has 1 amide bonds. The highest BCUT2D eigenvalue weighted by molar-refractivity contribution is 7.89. The molecule has 9 heteroatoms. The number of rotatable bonds is 6. The number of nitrogens with one attached hydrogen (secondary N) is 1. The lowest BCUT2D eigenvalue weighted by atomic mass is 9.97. The summed E-state index contributed by atoms with van der Waals surface area (Å²) in [5.41, 5.74) is 0.548. The number of carbonyl (C=O) groups is 1. The molecule has 1 atom stereocenters. The molecule has 1 N–H and O–H groups in total. The number of carbonyl (C=O) groups excluding carboxylic acids is 1. The summed E-state index contributed by atoms with van der Waals surface area (Å²) in [7, 11) is -3.95. The first kappa shape index (κ1) is 24.6. The summed E-state index contributed by atoms with van der Waals surface area (Å²) in [4.78, 5) is 12.9. The minimum Gasteiger partial charge on any atom is -0.355 e. The third-order valence-corrected chi connectivity index (χ3v) is 8.73. The van der Waals surface area contributed by atoms with E-state index in [4.69, 9.17) is 4.52 Å². The van der Waals surface area contributed by atoms with Crippen LogP contribution in [0.25, 0.3) is 12.2 Å². The van der Waals surface area contributed by atoms with Crippen LogP contribution in [0.15, 0.2) is 33.7 Å². The van der Waals surface area contributed by atoms with Crippen molar-refractivity contribution in [3.05, 3.63) is 47.1 Å². The first-order valence-corrected chi connectivity index (χ1v) is 13.5. The van der Waals surface area contributed by atoms with E-state index in [1.165, 1.54) is 35.4 Å². The molecule has 1 unspecified atom stereocenters. The van der Waals surface area contributed by atoms with Crippen molar-refractivity contribution >= 4 is 28.1 Å². The molecule has 1 aliphatic carbocycles. The first-order valence-electron chi connectivity index (χ1n) is 12.1.